The van der Waals surface area contributed by atoms with Gasteiger partial charge in [-0.1, -0.05) is 11.6 Å². The standard InChI is InChI=1S/C13H10ClN3O3/c1-19-11-5-15-17-12(11)16-13(18)9-6-20-10-3-2-7(14)4-8(9)10/h2-6H,1H3,(H2,15,16,17,18). The van der Waals surface area contributed by atoms with E-state index in [9.17, 15) is 4.79 Å². The summed E-state index contributed by atoms with van der Waals surface area (Å²) in [6, 6.07) is 5.09. The van der Waals surface area contributed by atoms with Crippen molar-refractivity contribution in [3.05, 3.63) is 41.2 Å². The van der Waals surface area contributed by atoms with Crippen molar-refractivity contribution in [1.29, 1.82) is 0 Å². The summed E-state index contributed by atoms with van der Waals surface area (Å²) < 4.78 is 10.4. The molecule has 2 N–H and O–H groups in total. The monoisotopic (exact) mass is 291 g/mol. The van der Waals surface area contributed by atoms with Crippen LogP contribution in [0.2, 0.25) is 5.02 Å². The van der Waals surface area contributed by atoms with Gasteiger partial charge in [0.05, 0.1) is 18.9 Å². The highest BCUT2D eigenvalue weighted by Gasteiger charge is 2.16. The second kappa shape index (κ2) is 4.90. The molecule has 3 rings (SSSR count). The summed E-state index contributed by atoms with van der Waals surface area (Å²) in [6.07, 6.45) is 2.86. The number of carbonyl (C=O) groups excluding carboxylic acids is 1. The van der Waals surface area contributed by atoms with Crippen LogP contribution < -0.4 is 10.1 Å². The highest BCUT2D eigenvalue weighted by molar-refractivity contribution is 6.31. The summed E-state index contributed by atoms with van der Waals surface area (Å²) >= 11 is 5.93. The van der Waals surface area contributed by atoms with Crippen LogP contribution in [0.25, 0.3) is 11.0 Å². The van der Waals surface area contributed by atoms with Crippen molar-refractivity contribution in [2.45, 2.75) is 0 Å². The zero-order valence-electron chi connectivity index (χ0n) is 10.4. The summed E-state index contributed by atoms with van der Waals surface area (Å²) in [5, 5.41) is 10.3. The molecule has 0 radical (unpaired) electrons. The molecule has 20 heavy (non-hydrogen) atoms. The van der Waals surface area contributed by atoms with Gasteiger partial charge in [0.15, 0.2) is 11.6 Å². The van der Waals surface area contributed by atoms with Crippen molar-refractivity contribution in [2.75, 3.05) is 12.4 Å². The van der Waals surface area contributed by atoms with Gasteiger partial charge >= 0.3 is 0 Å². The molecule has 2 heterocycles. The van der Waals surface area contributed by atoms with Crippen LogP contribution in [0, 0.1) is 0 Å². The number of nitrogens with zero attached hydrogens (tertiary/aromatic N) is 1. The first-order chi connectivity index (χ1) is 9.69. The van der Waals surface area contributed by atoms with Crippen LogP contribution in [0.5, 0.6) is 5.75 Å². The number of hydrogen-bond donors (Lipinski definition) is 2. The zero-order chi connectivity index (χ0) is 14.1. The fraction of sp³-hybridized carbons (Fsp3) is 0.0769. The Kier molecular flexibility index (Phi) is 3.08. The van der Waals surface area contributed by atoms with Crippen molar-refractivity contribution in [3.63, 3.8) is 0 Å². The predicted molar refractivity (Wildman–Crippen MR) is 74.3 cm³/mol. The molecule has 2 aromatic heterocycles. The van der Waals surface area contributed by atoms with Crippen molar-refractivity contribution in [1.82, 2.24) is 10.2 Å². The molecule has 0 atom stereocenters. The number of anilines is 1. The Morgan fingerprint density at radius 3 is 3.15 bits per heavy atom. The smallest absolute Gasteiger partial charge is 0.260 e. The maximum absolute atomic E-state index is 12.2. The lowest BCUT2D eigenvalue weighted by Gasteiger charge is -2.03. The lowest BCUT2D eigenvalue weighted by molar-refractivity contribution is 0.102. The molecule has 0 spiro atoms. The normalized spacial score (nSPS) is 10.7. The van der Waals surface area contributed by atoms with Gasteiger partial charge < -0.3 is 14.5 Å². The molecule has 0 aliphatic rings. The van der Waals surface area contributed by atoms with Crippen LogP contribution in [-0.2, 0) is 0 Å². The van der Waals surface area contributed by atoms with E-state index in [0.29, 0.717) is 33.1 Å². The van der Waals surface area contributed by atoms with Crippen molar-refractivity contribution >= 4 is 34.3 Å². The Hall–Kier alpha value is -2.47. The summed E-state index contributed by atoms with van der Waals surface area (Å²) in [7, 11) is 1.49. The van der Waals surface area contributed by atoms with Crippen LogP contribution in [-0.4, -0.2) is 23.2 Å². The van der Waals surface area contributed by atoms with Gasteiger partial charge in [0.2, 0.25) is 0 Å². The number of methoxy groups -OCH3 is 1. The van der Waals surface area contributed by atoms with Crippen molar-refractivity contribution < 1.29 is 13.9 Å². The number of halogens is 1. The number of fused-ring (bicyclic) bond motifs is 1. The van der Waals surface area contributed by atoms with Gasteiger partial charge in [-0.2, -0.15) is 5.10 Å². The first-order valence-electron chi connectivity index (χ1n) is 5.74. The molecular formula is C13H10ClN3O3. The maximum Gasteiger partial charge on any atom is 0.260 e. The zero-order valence-corrected chi connectivity index (χ0v) is 11.2. The summed E-state index contributed by atoms with van der Waals surface area (Å²) in [4.78, 5) is 12.2. The van der Waals surface area contributed by atoms with Gasteiger partial charge in [-0.05, 0) is 18.2 Å². The number of furan rings is 1. The quantitative estimate of drug-likeness (QED) is 0.777. The van der Waals surface area contributed by atoms with E-state index in [1.54, 1.807) is 18.2 Å². The van der Waals surface area contributed by atoms with Gasteiger partial charge in [0.25, 0.3) is 5.91 Å². The summed E-state index contributed by atoms with van der Waals surface area (Å²) in [5.41, 5.74) is 0.982. The Balaban J connectivity index is 1.95. The highest BCUT2D eigenvalue weighted by Crippen LogP contribution is 2.26. The van der Waals surface area contributed by atoms with E-state index < -0.39 is 0 Å². The van der Waals surface area contributed by atoms with Crippen LogP contribution in [0.1, 0.15) is 10.4 Å². The van der Waals surface area contributed by atoms with E-state index in [2.05, 4.69) is 15.5 Å². The van der Waals surface area contributed by atoms with Crippen LogP contribution >= 0.6 is 11.6 Å². The number of aromatic amines is 1. The summed E-state index contributed by atoms with van der Waals surface area (Å²) in [6.45, 7) is 0. The molecule has 0 saturated heterocycles. The third-order valence-corrected chi connectivity index (χ3v) is 3.08. The van der Waals surface area contributed by atoms with Crippen LogP contribution in [0.15, 0.2) is 35.1 Å². The van der Waals surface area contributed by atoms with Gasteiger partial charge in [-0.3, -0.25) is 9.89 Å². The molecule has 0 bridgehead atoms. The Morgan fingerprint density at radius 2 is 2.35 bits per heavy atom. The number of benzene rings is 1. The second-order valence-corrected chi connectivity index (χ2v) is 4.49. The molecule has 0 fully saturated rings. The maximum atomic E-state index is 12.2. The number of rotatable bonds is 3. The van der Waals surface area contributed by atoms with E-state index >= 15 is 0 Å². The Labute approximate surface area is 118 Å². The van der Waals surface area contributed by atoms with E-state index in [1.165, 1.54) is 19.6 Å². The molecule has 0 unspecified atom stereocenters. The highest BCUT2D eigenvalue weighted by atomic mass is 35.5. The number of hydrogen-bond acceptors (Lipinski definition) is 4. The molecule has 0 aliphatic heterocycles. The van der Waals surface area contributed by atoms with E-state index in [0.717, 1.165) is 0 Å². The first kappa shape index (κ1) is 12.6. The minimum Gasteiger partial charge on any atom is -0.491 e. The minimum absolute atomic E-state index is 0.339. The SMILES string of the molecule is COc1cn[nH]c1NC(=O)c1coc2ccc(Cl)cc12. The van der Waals surface area contributed by atoms with Crippen molar-refractivity contribution in [2.24, 2.45) is 0 Å². The average molecular weight is 292 g/mol. The first-order valence-corrected chi connectivity index (χ1v) is 6.12. The Morgan fingerprint density at radius 1 is 1.50 bits per heavy atom. The second-order valence-electron chi connectivity index (χ2n) is 4.06. The number of carbonyl (C=O) groups is 1. The van der Waals surface area contributed by atoms with Crippen LogP contribution in [0.4, 0.5) is 5.82 Å². The van der Waals surface area contributed by atoms with Gasteiger partial charge in [0, 0.05) is 10.4 Å². The third-order valence-electron chi connectivity index (χ3n) is 2.84. The number of aromatic nitrogens is 2. The lowest BCUT2D eigenvalue weighted by atomic mass is 10.1. The number of H-pyrrole nitrogens is 1. The van der Waals surface area contributed by atoms with Crippen LogP contribution in [0.3, 0.4) is 0 Å². The van der Waals surface area contributed by atoms with Crippen molar-refractivity contribution in [3.8, 4) is 5.75 Å². The lowest BCUT2D eigenvalue weighted by Crippen LogP contribution is -2.12. The fourth-order valence-corrected chi connectivity index (χ4v) is 2.05. The molecule has 1 amide bonds. The molecular weight excluding hydrogens is 282 g/mol. The summed E-state index contributed by atoms with van der Waals surface area (Å²) in [5.74, 6) is 0.492. The Bertz CT molecular complexity index is 778. The number of amides is 1. The van der Waals surface area contributed by atoms with Gasteiger partial charge in [0.1, 0.15) is 11.8 Å². The molecule has 0 saturated carbocycles. The molecule has 6 nitrogen and oxygen atoms in total. The topological polar surface area (TPSA) is 80.1 Å². The molecule has 0 aliphatic carbocycles. The van der Waals surface area contributed by atoms with E-state index in [4.69, 9.17) is 20.8 Å². The third kappa shape index (κ3) is 2.10. The molecule has 7 heteroatoms. The van der Waals surface area contributed by atoms with E-state index in [1.807, 2.05) is 0 Å². The van der Waals surface area contributed by atoms with Gasteiger partial charge in [-0.25, -0.2) is 0 Å². The average Bonchev–Trinajstić information content (AvgIpc) is 3.04. The fourth-order valence-electron chi connectivity index (χ4n) is 1.88. The molecule has 1 aromatic carbocycles. The largest absolute Gasteiger partial charge is 0.491 e. The molecule has 3 aromatic rings. The van der Waals surface area contributed by atoms with E-state index in [-0.39, 0.29) is 5.91 Å². The number of ether oxygens (including phenoxy) is 1. The molecule has 102 valence electrons. The minimum atomic E-state index is -0.339. The number of nitrogens with one attached hydrogen (secondary N) is 2. The predicted octanol–water partition coefficient (Wildman–Crippen LogP) is 3.07. The van der Waals surface area contributed by atoms with Gasteiger partial charge in [-0.15, -0.1) is 0 Å².